The first-order valence-electron chi connectivity index (χ1n) is 6.53. The van der Waals surface area contributed by atoms with Crippen LogP contribution in [0, 0.1) is 19.8 Å². The minimum absolute atomic E-state index is 0. The van der Waals surface area contributed by atoms with Crippen LogP contribution in [0.15, 0.2) is 41.9 Å². The summed E-state index contributed by atoms with van der Waals surface area (Å²) in [5, 5.41) is 18.3. The molecule has 2 atom stereocenters. The normalized spacial score (nSPS) is 27.6. The first-order chi connectivity index (χ1) is 9.00. The summed E-state index contributed by atoms with van der Waals surface area (Å²) in [7, 11) is -1.39. The summed E-state index contributed by atoms with van der Waals surface area (Å²) in [6, 6.07) is 6.10. The summed E-state index contributed by atoms with van der Waals surface area (Å²) in [6.07, 6.45) is 6.48. The second-order valence-electron chi connectivity index (χ2n) is 5.49. The zero-order chi connectivity index (χ0) is 13.6. The van der Waals surface area contributed by atoms with E-state index in [9.17, 15) is 0 Å². The fourth-order valence-electron chi connectivity index (χ4n) is 2.52. The van der Waals surface area contributed by atoms with Crippen molar-refractivity contribution in [2.24, 2.45) is 5.92 Å². The zero-order valence-corrected chi connectivity index (χ0v) is 11.1. The molecule has 0 spiro atoms. The molecule has 2 aliphatic carbocycles. The van der Waals surface area contributed by atoms with E-state index < -0.39 is 7.12 Å². The zero-order valence-electron chi connectivity index (χ0n) is 11.1. The van der Waals surface area contributed by atoms with Gasteiger partial charge in [-0.3, -0.25) is 0 Å². The van der Waals surface area contributed by atoms with Crippen molar-refractivity contribution in [2.45, 2.75) is 25.9 Å². The van der Waals surface area contributed by atoms with Crippen LogP contribution in [0.2, 0.25) is 0 Å². The number of benzene rings is 1. The lowest BCUT2D eigenvalue weighted by Gasteiger charge is -2.19. The summed E-state index contributed by atoms with van der Waals surface area (Å²) >= 11 is 0. The van der Waals surface area contributed by atoms with E-state index in [1.165, 1.54) is 11.1 Å². The minimum atomic E-state index is -1.39. The van der Waals surface area contributed by atoms with Gasteiger partial charge in [0.05, 0.1) is 0 Å². The Balaban J connectivity index is 0.00000110. The predicted molar refractivity (Wildman–Crippen MR) is 79.0 cm³/mol. The molecule has 3 nitrogen and oxygen atoms in total. The largest absolute Gasteiger partial charge is 0.488 e. The molecule has 1 aromatic carbocycles. The molecule has 2 aliphatic rings. The van der Waals surface area contributed by atoms with Crippen molar-refractivity contribution < 1.29 is 17.6 Å². The Labute approximate surface area is 116 Å². The van der Waals surface area contributed by atoms with Crippen molar-refractivity contribution >= 4 is 7.12 Å². The number of ether oxygens (including phenoxy) is 1. The van der Waals surface area contributed by atoms with E-state index in [2.05, 4.69) is 19.9 Å². The van der Waals surface area contributed by atoms with Gasteiger partial charge in [0.15, 0.2) is 0 Å². The van der Waals surface area contributed by atoms with Crippen LogP contribution in [0.5, 0.6) is 5.75 Å². The molecule has 1 saturated carbocycles. The number of fused-ring (bicyclic) bond motifs is 1. The Morgan fingerprint density at radius 1 is 1.32 bits per heavy atom. The van der Waals surface area contributed by atoms with E-state index in [1.54, 1.807) is 6.08 Å². The average Bonchev–Trinajstić information content (AvgIpc) is 3.06. The van der Waals surface area contributed by atoms with Gasteiger partial charge in [-0.15, -0.1) is 0 Å². The fourth-order valence-corrected chi connectivity index (χ4v) is 2.52. The van der Waals surface area contributed by atoms with E-state index in [1.807, 2.05) is 24.3 Å². The lowest BCUT2D eigenvalue weighted by Crippen LogP contribution is -2.23. The van der Waals surface area contributed by atoms with Gasteiger partial charge in [0.25, 0.3) is 0 Å². The van der Waals surface area contributed by atoms with Gasteiger partial charge in [-0.1, -0.05) is 18.2 Å². The maximum atomic E-state index is 9.15. The Hall–Kier alpha value is -1.52. The van der Waals surface area contributed by atoms with Crippen LogP contribution in [-0.2, 0) is 0 Å². The van der Waals surface area contributed by atoms with Crippen molar-refractivity contribution in [3.8, 4) is 5.75 Å². The number of hydrogen-bond acceptors (Lipinski definition) is 3. The molecule has 1 aromatic rings. The Kier molecular flexibility index (Phi) is 2.80. The quantitative estimate of drug-likeness (QED) is 0.820. The number of hydrogen-bond donors (Lipinski definition) is 2. The van der Waals surface area contributed by atoms with Crippen LogP contribution in [0.3, 0.4) is 0 Å². The molecule has 0 radical (unpaired) electrons. The van der Waals surface area contributed by atoms with Gasteiger partial charge in [-0.25, -0.2) is 0 Å². The van der Waals surface area contributed by atoms with Crippen molar-refractivity contribution in [1.29, 1.82) is 0 Å². The molecule has 4 heteroatoms. The highest BCUT2D eigenvalue weighted by Crippen LogP contribution is 2.52. The molecule has 19 heavy (non-hydrogen) atoms. The third-order valence-electron chi connectivity index (χ3n) is 4.04. The van der Waals surface area contributed by atoms with Crippen LogP contribution in [0.4, 0.5) is 0 Å². The third kappa shape index (κ3) is 2.22. The second kappa shape index (κ2) is 4.25. The lowest BCUT2D eigenvalue weighted by molar-refractivity contribution is 0.217. The SMILES string of the molecule is Cc1ccc(OC23C=CC(B(O)O)=CC2C3)cc1C.[HH].[HH]. The average molecular weight is 260 g/mol. The van der Waals surface area contributed by atoms with Crippen molar-refractivity contribution in [1.82, 2.24) is 0 Å². The van der Waals surface area contributed by atoms with Crippen LogP contribution in [0.25, 0.3) is 0 Å². The van der Waals surface area contributed by atoms with Crippen LogP contribution >= 0.6 is 0 Å². The van der Waals surface area contributed by atoms with Crippen LogP contribution in [0.1, 0.15) is 20.4 Å². The van der Waals surface area contributed by atoms with Crippen molar-refractivity contribution in [3.05, 3.63) is 53.0 Å². The molecule has 0 saturated heterocycles. The van der Waals surface area contributed by atoms with Crippen LogP contribution in [-0.4, -0.2) is 22.8 Å². The molecule has 0 amide bonds. The molecule has 1 fully saturated rings. The highest BCUT2D eigenvalue weighted by atomic mass is 16.5. The van der Waals surface area contributed by atoms with Gasteiger partial charge in [0.1, 0.15) is 11.4 Å². The summed E-state index contributed by atoms with van der Waals surface area (Å²) in [5.41, 5.74) is 2.75. The first-order valence-corrected chi connectivity index (χ1v) is 6.53. The van der Waals surface area contributed by atoms with Gasteiger partial charge >= 0.3 is 7.12 Å². The Morgan fingerprint density at radius 3 is 2.74 bits per heavy atom. The fraction of sp³-hybridized carbons (Fsp3) is 0.333. The maximum Gasteiger partial charge on any atom is 0.488 e. The molecule has 0 aromatic heterocycles. The van der Waals surface area contributed by atoms with Gasteiger partial charge in [0.2, 0.25) is 0 Å². The number of rotatable bonds is 3. The number of allylic oxidation sites excluding steroid dienone is 2. The predicted octanol–water partition coefficient (Wildman–Crippen LogP) is 2.44. The summed E-state index contributed by atoms with van der Waals surface area (Å²) in [5.74, 6) is 1.12. The van der Waals surface area contributed by atoms with Crippen molar-refractivity contribution in [2.75, 3.05) is 0 Å². The molecule has 2 N–H and O–H groups in total. The van der Waals surface area contributed by atoms with E-state index in [0.29, 0.717) is 5.47 Å². The van der Waals surface area contributed by atoms with E-state index in [0.717, 1.165) is 12.2 Å². The first kappa shape index (κ1) is 12.5. The van der Waals surface area contributed by atoms with Gasteiger partial charge in [-0.2, -0.15) is 0 Å². The molecule has 3 rings (SSSR count). The standard InChI is InChI=1S/C15H17BO3.2H2/c1-10-3-4-14(7-11(10)2)19-15-6-5-13(16(17)18)8-12(15)9-15;;/h3-8,12,17-18H,9H2,1-2H3;2*1H. The Bertz CT molecular complexity index is 586. The molecule has 102 valence electrons. The van der Waals surface area contributed by atoms with E-state index in [-0.39, 0.29) is 14.4 Å². The molecule has 2 unspecified atom stereocenters. The van der Waals surface area contributed by atoms with E-state index >= 15 is 0 Å². The highest BCUT2D eigenvalue weighted by Gasteiger charge is 2.55. The molecular weight excluding hydrogens is 239 g/mol. The Morgan fingerprint density at radius 2 is 2.11 bits per heavy atom. The van der Waals surface area contributed by atoms with Crippen LogP contribution < -0.4 is 4.74 Å². The monoisotopic (exact) mass is 260 g/mol. The topological polar surface area (TPSA) is 49.7 Å². The smallest absolute Gasteiger partial charge is 0.483 e. The number of aryl methyl sites for hydroxylation is 2. The minimum Gasteiger partial charge on any atom is -0.483 e. The molecule has 0 aliphatic heterocycles. The summed E-state index contributed by atoms with van der Waals surface area (Å²) in [6.45, 7) is 4.15. The van der Waals surface area contributed by atoms with Gasteiger partial charge in [0, 0.05) is 15.2 Å². The summed E-state index contributed by atoms with van der Waals surface area (Å²) in [4.78, 5) is 0. The molecule has 0 bridgehead atoms. The molecule has 0 heterocycles. The summed E-state index contributed by atoms with van der Waals surface area (Å²) < 4.78 is 6.09. The molecular formula is C15H21BO3. The van der Waals surface area contributed by atoms with Crippen molar-refractivity contribution in [3.63, 3.8) is 0 Å². The van der Waals surface area contributed by atoms with Gasteiger partial charge in [-0.05, 0) is 48.7 Å². The third-order valence-corrected chi connectivity index (χ3v) is 4.04. The highest BCUT2D eigenvalue weighted by molar-refractivity contribution is 6.51. The second-order valence-corrected chi connectivity index (χ2v) is 5.49. The van der Waals surface area contributed by atoms with E-state index in [4.69, 9.17) is 14.8 Å². The lowest BCUT2D eigenvalue weighted by atomic mass is 9.76. The maximum absolute atomic E-state index is 9.15. The van der Waals surface area contributed by atoms with Gasteiger partial charge < -0.3 is 14.8 Å².